The van der Waals surface area contributed by atoms with E-state index in [1.165, 1.54) is 19.3 Å². The standard InChI is InChI=1S/C10H14O2/c11-10(12)4-3-9-6-7-1-2-8(9)5-7/h1,8-9H,2-6H2,(H,11,12). The van der Waals surface area contributed by atoms with Crippen molar-refractivity contribution in [1.82, 2.24) is 0 Å². The van der Waals surface area contributed by atoms with Crippen LogP contribution in [0.25, 0.3) is 0 Å². The largest absolute Gasteiger partial charge is 0.481 e. The van der Waals surface area contributed by atoms with Gasteiger partial charge in [-0.05, 0) is 37.5 Å². The number of allylic oxidation sites excluding steroid dienone is 2. The Morgan fingerprint density at radius 2 is 2.42 bits per heavy atom. The molecule has 66 valence electrons. The van der Waals surface area contributed by atoms with E-state index in [0.29, 0.717) is 12.3 Å². The van der Waals surface area contributed by atoms with Gasteiger partial charge in [-0.3, -0.25) is 4.79 Å². The Balaban J connectivity index is 1.84. The van der Waals surface area contributed by atoms with Crippen molar-refractivity contribution < 1.29 is 9.90 Å². The number of carbonyl (C=O) groups is 1. The van der Waals surface area contributed by atoms with Gasteiger partial charge in [-0.15, -0.1) is 0 Å². The highest BCUT2D eigenvalue weighted by Gasteiger charge is 2.33. The number of carboxylic acids is 1. The van der Waals surface area contributed by atoms with Crippen molar-refractivity contribution in [3.63, 3.8) is 0 Å². The molecule has 2 rings (SSSR count). The van der Waals surface area contributed by atoms with Crippen molar-refractivity contribution in [2.45, 2.75) is 32.1 Å². The minimum Gasteiger partial charge on any atom is -0.481 e. The van der Waals surface area contributed by atoms with Crippen molar-refractivity contribution in [3.05, 3.63) is 11.6 Å². The van der Waals surface area contributed by atoms with Gasteiger partial charge in [0.15, 0.2) is 0 Å². The van der Waals surface area contributed by atoms with Crippen LogP contribution in [0, 0.1) is 11.8 Å². The molecule has 0 aromatic heterocycles. The topological polar surface area (TPSA) is 37.3 Å². The van der Waals surface area contributed by atoms with Gasteiger partial charge in [-0.25, -0.2) is 0 Å². The third-order valence-electron chi connectivity index (χ3n) is 3.15. The van der Waals surface area contributed by atoms with Crippen LogP contribution >= 0.6 is 0 Å². The van der Waals surface area contributed by atoms with Crippen molar-refractivity contribution in [2.75, 3.05) is 0 Å². The normalized spacial score (nSPS) is 32.2. The lowest BCUT2D eigenvalue weighted by Crippen LogP contribution is -2.09. The van der Waals surface area contributed by atoms with E-state index in [0.717, 1.165) is 12.3 Å². The molecule has 2 atom stereocenters. The van der Waals surface area contributed by atoms with Gasteiger partial charge < -0.3 is 5.11 Å². The Morgan fingerprint density at radius 3 is 2.92 bits per heavy atom. The van der Waals surface area contributed by atoms with Crippen molar-refractivity contribution in [3.8, 4) is 0 Å². The zero-order valence-corrected chi connectivity index (χ0v) is 7.12. The quantitative estimate of drug-likeness (QED) is 0.652. The highest BCUT2D eigenvalue weighted by atomic mass is 16.4. The summed E-state index contributed by atoms with van der Waals surface area (Å²) in [5.74, 6) is 0.826. The molecule has 0 saturated heterocycles. The van der Waals surface area contributed by atoms with E-state index < -0.39 is 5.97 Å². The summed E-state index contributed by atoms with van der Waals surface area (Å²) in [5, 5.41) is 8.53. The maximum Gasteiger partial charge on any atom is 0.303 e. The van der Waals surface area contributed by atoms with Crippen molar-refractivity contribution in [1.29, 1.82) is 0 Å². The van der Waals surface area contributed by atoms with Crippen LogP contribution in [0.3, 0.4) is 0 Å². The zero-order chi connectivity index (χ0) is 8.55. The molecule has 2 aliphatic carbocycles. The number of aliphatic carboxylic acids is 1. The molecule has 0 amide bonds. The summed E-state index contributed by atoms with van der Waals surface area (Å²) in [7, 11) is 0. The Bertz CT molecular complexity index is 230. The molecule has 2 heteroatoms. The number of fused-ring (bicyclic) bond motifs is 2. The van der Waals surface area contributed by atoms with E-state index in [-0.39, 0.29) is 0 Å². The average Bonchev–Trinajstić information content (AvgIpc) is 2.60. The highest BCUT2D eigenvalue weighted by Crippen LogP contribution is 2.45. The van der Waals surface area contributed by atoms with Crippen LogP contribution in [0.4, 0.5) is 0 Å². The summed E-state index contributed by atoms with van der Waals surface area (Å²) in [6.07, 6.45) is 7.22. The molecule has 2 aliphatic rings. The molecule has 1 saturated carbocycles. The van der Waals surface area contributed by atoms with Crippen LogP contribution in [0.15, 0.2) is 11.6 Å². The first-order valence-electron chi connectivity index (χ1n) is 4.65. The lowest BCUT2D eigenvalue weighted by Gasteiger charge is -2.17. The molecule has 0 heterocycles. The van der Waals surface area contributed by atoms with E-state index in [9.17, 15) is 4.79 Å². The maximum atomic E-state index is 10.3. The summed E-state index contributed by atoms with van der Waals surface area (Å²) in [6.45, 7) is 0. The van der Waals surface area contributed by atoms with Gasteiger partial charge in [0.05, 0.1) is 0 Å². The van der Waals surface area contributed by atoms with Crippen LogP contribution in [-0.2, 0) is 4.79 Å². The van der Waals surface area contributed by atoms with Crippen LogP contribution < -0.4 is 0 Å². The van der Waals surface area contributed by atoms with Crippen molar-refractivity contribution >= 4 is 5.97 Å². The average molecular weight is 166 g/mol. The van der Waals surface area contributed by atoms with Crippen LogP contribution in [0.5, 0.6) is 0 Å². The second-order valence-electron chi connectivity index (χ2n) is 3.96. The minimum atomic E-state index is -0.647. The molecule has 2 unspecified atom stereocenters. The number of rotatable bonds is 3. The molecule has 1 N–H and O–H groups in total. The van der Waals surface area contributed by atoms with E-state index in [1.807, 2.05) is 0 Å². The van der Waals surface area contributed by atoms with Gasteiger partial charge >= 0.3 is 5.97 Å². The predicted octanol–water partition coefficient (Wildman–Crippen LogP) is 2.21. The first-order chi connectivity index (χ1) is 5.75. The fourth-order valence-corrected chi connectivity index (χ4v) is 2.50. The Morgan fingerprint density at radius 1 is 1.58 bits per heavy atom. The Hall–Kier alpha value is -0.790. The van der Waals surface area contributed by atoms with Gasteiger partial charge in [0.2, 0.25) is 0 Å². The summed E-state index contributed by atoms with van der Waals surface area (Å²) in [5.41, 5.74) is 1.58. The fourth-order valence-electron chi connectivity index (χ4n) is 2.50. The Kier molecular flexibility index (Phi) is 1.91. The molecule has 12 heavy (non-hydrogen) atoms. The number of hydrogen-bond acceptors (Lipinski definition) is 1. The van der Waals surface area contributed by atoms with E-state index >= 15 is 0 Å². The molecule has 2 bridgehead atoms. The monoisotopic (exact) mass is 166 g/mol. The summed E-state index contributed by atoms with van der Waals surface area (Å²) in [4.78, 5) is 10.3. The smallest absolute Gasteiger partial charge is 0.303 e. The molecular formula is C10H14O2. The summed E-state index contributed by atoms with van der Waals surface area (Å²) >= 11 is 0. The molecule has 0 aromatic carbocycles. The van der Waals surface area contributed by atoms with Crippen LogP contribution in [-0.4, -0.2) is 11.1 Å². The van der Waals surface area contributed by atoms with Crippen LogP contribution in [0.1, 0.15) is 32.1 Å². The lowest BCUT2D eigenvalue weighted by molar-refractivity contribution is -0.137. The second-order valence-corrected chi connectivity index (χ2v) is 3.96. The lowest BCUT2D eigenvalue weighted by atomic mass is 9.88. The molecule has 1 fully saturated rings. The first kappa shape index (κ1) is 7.84. The van der Waals surface area contributed by atoms with Gasteiger partial charge in [-0.2, -0.15) is 0 Å². The van der Waals surface area contributed by atoms with E-state index in [1.54, 1.807) is 5.57 Å². The van der Waals surface area contributed by atoms with Crippen molar-refractivity contribution in [2.24, 2.45) is 11.8 Å². The Labute approximate surface area is 72.3 Å². The van der Waals surface area contributed by atoms with Gasteiger partial charge in [0.1, 0.15) is 0 Å². The SMILES string of the molecule is O=C(O)CCC1CC2=CCC1C2. The number of hydrogen-bond donors (Lipinski definition) is 1. The zero-order valence-electron chi connectivity index (χ0n) is 7.12. The summed E-state index contributed by atoms with van der Waals surface area (Å²) < 4.78 is 0. The second kappa shape index (κ2) is 2.92. The van der Waals surface area contributed by atoms with Gasteiger partial charge in [-0.1, -0.05) is 11.6 Å². The van der Waals surface area contributed by atoms with E-state index in [4.69, 9.17) is 5.11 Å². The van der Waals surface area contributed by atoms with Gasteiger partial charge in [0.25, 0.3) is 0 Å². The minimum absolute atomic E-state index is 0.356. The summed E-state index contributed by atoms with van der Waals surface area (Å²) in [6, 6.07) is 0. The molecular weight excluding hydrogens is 152 g/mol. The molecule has 2 nitrogen and oxygen atoms in total. The first-order valence-corrected chi connectivity index (χ1v) is 4.65. The van der Waals surface area contributed by atoms with E-state index in [2.05, 4.69) is 6.08 Å². The third-order valence-corrected chi connectivity index (χ3v) is 3.15. The molecule has 0 radical (unpaired) electrons. The molecule has 0 aromatic rings. The predicted molar refractivity (Wildman–Crippen MR) is 45.8 cm³/mol. The molecule has 0 spiro atoms. The van der Waals surface area contributed by atoms with Gasteiger partial charge in [0, 0.05) is 6.42 Å². The molecule has 0 aliphatic heterocycles. The number of carboxylic acid groups (broad SMARTS) is 1. The highest BCUT2D eigenvalue weighted by molar-refractivity contribution is 5.66. The maximum absolute atomic E-state index is 10.3. The fraction of sp³-hybridized carbons (Fsp3) is 0.700. The third kappa shape index (κ3) is 1.38. The van der Waals surface area contributed by atoms with Crippen LogP contribution in [0.2, 0.25) is 0 Å².